The van der Waals surface area contributed by atoms with Crippen LogP contribution in [0.3, 0.4) is 0 Å². The van der Waals surface area contributed by atoms with E-state index < -0.39 is 0 Å². The number of anilines is 4. The van der Waals surface area contributed by atoms with Gasteiger partial charge < -0.3 is 30.4 Å². The normalized spacial score (nSPS) is 23.7. The Morgan fingerprint density at radius 3 is 2.65 bits per heavy atom. The van der Waals surface area contributed by atoms with Gasteiger partial charge in [-0.1, -0.05) is 0 Å². The van der Waals surface area contributed by atoms with E-state index in [9.17, 15) is 9.90 Å². The number of rotatable bonds is 5. The van der Waals surface area contributed by atoms with E-state index in [1.165, 1.54) is 5.69 Å². The van der Waals surface area contributed by atoms with E-state index in [1.807, 2.05) is 23.2 Å². The van der Waals surface area contributed by atoms with Crippen molar-refractivity contribution in [3.63, 3.8) is 0 Å². The molecule has 2 fully saturated rings. The molecule has 2 saturated heterocycles. The molecule has 2 amide bonds. The van der Waals surface area contributed by atoms with Crippen LogP contribution in [0.4, 0.5) is 27.9 Å². The van der Waals surface area contributed by atoms with Crippen LogP contribution in [0.2, 0.25) is 0 Å². The van der Waals surface area contributed by atoms with Crippen LogP contribution in [0.5, 0.6) is 0 Å². The Morgan fingerprint density at radius 1 is 1.15 bits per heavy atom. The number of carbonyl (C=O) groups is 1. The average Bonchev–Trinajstić information content (AvgIpc) is 2.87. The summed E-state index contributed by atoms with van der Waals surface area (Å²) in [6.45, 7) is 5.59. The quantitative estimate of drug-likeness (QED) is 0.609. The minimum absolute atomic E-state index is 0.0312. The SMILES string of the molecule is CN1CCN(c2ccc(Nc3ncc4c(n3)N(C)C(=O)N([C@H]3CCN[C@@H](CO)C3)C4)cc2)CC1. The van der Waals surface area contributed by atoms with Crippen LogP contribution in [0, 0.1) is 0 Å². The average molecular weight is 467 g/mol. The third kappa shape index (κ3) is 4.66. The van der Waals surface area contributed by atoms with Crippen LogP contribution in [0.15, 0.2) is 30.5 Å². The van der Waals surface area contributed by atoms with E-state index in [4.69, 9.17) is 0 Å². The lowest BCUT2D eigenvalue weighted by atomic mass is 9.97. The molecule has 34 heavy (non-hydrogen) atoms. The molecule has 10 nitrogen and oxygen atoms in total. The predicted molar refractivity (Wildman–Crippen MR) is 133 cm³/mol. The summed E-state index contributed by atoms with van der Waals surface area (Å²) in [6.07, 6.45) is 3.43. The number of aromatic nitrogens is 2. The summed E-state index contributed by atoms with van der Waals surface area (Å²) in [6, 6.07) is 8.40. The lowest BCUT2D eigenvalue weighted by molar-refractivity contribution is 0.128. The molecule has 1 aromatic carbocycles. The van der Waals surface area contributed by atoms with Crippen molar-refractivity contribution in [2.75, 3.05) is 68.5 Å². The van der Waals surface area contributed by atoms with Gasteiger partial charge in [-0.15, -0.1) is 0 Å². The molecule has 0 bridgehead atoms. The van der Waals surface area contributed by atoms with E-state index >= 15 is 0 Å². The molecule has 4 heterocycles. The van der Waals surface area contributed by atoms with Crippen LogP contribution in [0.25, 0.3) is 0 Å². The highest BCUT2D eigenvalue weighted by Crippen LogP contribution is 2.30. The number of nitrogens with zero attached hydrogens (tertiary/aromatic N) is 6. The van der Waals surface area contributed by atoms with E-state index in [0.717, 1.165) is 56.8 Å². The zero-order valence-electron chi connectivity index (χ0n) is 19.9. The first-order chi connectivity index (χ1) is 16.5. The Morgan fingerprint density at radius 2 is 1.91 bits per heavy atom. The first kappa shape index (κ1) is 22.8. The van der Waals surface area contributed by atoms with Crippen molar-refractivity contribution in [2.24, 2.45) is 0 Å². The number of piperazine rings is 1. The Bertz CT molecular complexity index is 1010. The van der Waals surface area contributed by atoms with E-state index in [-0.39, 0.29) is 24.7 Å². The summed E-state index contributed by atoms with van der Waals surface area (Å²) in [5.41, 5.74) is 3.06. The molecule has 0 saturated carbocycles. The maximum absolute atomic E-state index is 13.1. The van der Waals surface area contributed by atoms with Gasteiger partial charge in [0.15, 0.2) is 0 Å². The van der Waals surface area contributed by atoms with Crippen molar-refractivity contribution in [1.29, 1.82) is 0 Å². The second kappa shape index (κ2) is 9.73. The van der Waals surface area contributed by atoms with Crippen LogP contribution in [0.1, 0.15) is 18.4 Å². The van der Waals surface area contributed by atoms with Gasteiger partial charge in [0.1, 0.15) is 5.82 Å². The molecule has 3 N–H and O–H groups in total. The standard InChI is InChI=1S/C24H34N8O2/c1-29-9-11-31(12-10-29)20-5-3-18(4-6-20)27-23-26-14-17-15-32(24(34)30(2)22(17)28-23)21-7-8-25-19(13-21)16-33/h3-6,14,19,21,25,33H,7-13,15-16H2,1-2H3,(H,26,27,28)/t19-,21+/m1/s1. The molecule has 0 spiro atoms. The van der Waals surface area contributed by atoms with Gasteiger partial charge in [0.25, 0.3) is 0 Å². The highest BCUT2D eigenvalue weighted by Gasteiger charge is 2.36. The van der Waals surface area contributed by atoms with Gasteiger partial charge in [-0.25, -0.2) is 9.78 Å². The fraction of sp³-hybridized carbons (Fsp3) is 0.542. The Hall–Kier alpha value is -2.95. The molecule has 10 heteroatoms. The Balaban J connectivity index is 1.27. The van der Waals surface area contributed by atoms with Crippen LogP contribution >= 0.6 is 0 Å². The second-order valence-electron chi connectivity index (χ2n) is 9.49. The lowest BCUT2D eigenvalue weighted by Crippen LogP contribution is -2.55. The maximum Gasteiger partial charge on any atom is 0.325 e. The third-order valence-corrected chi connectivity index (χ3v) is 7.15. The first-order valence-electron chi connectivity index (χ1n) is 12.1. The van der Waals surface area contributed by atoms with Gasteiger partial charge in [0, 0.05) is 68.4 Å². The minimum Gasteiger partial charge on any atom is -0.395 e. The van der Waals surface area contributed by atoms with Crippen LogP contribution in [-0.2, 0) is 6.54 Å². The number of aliphatic hydroxyl groups is 1. The Labute approximate surface area is 200 Å². The topological polar surface area (TPSA) is 100 Å². The number of nitrogens with one attached hydrogen (secondary N) is 2. The van der Waals surface area contributed by atoms with Gasteiger partial charge in [-0.3, -0.25) is 4.90 Å². The summed E-state index contributed by atoms with van der Waals surface area (Å²) in [7, 11) is 3.92. The molecule has 3 aliphatic heterocycles. The van der Waals surface area contributed by atoms with Crippen molar-refractivity contribution in [3.05, 3.63) is 36.0 Å². The molecule has 2 atom stereocenters. The number of amides is 2. The molecular weight excluding hydrogens is 432 g/mol. The largest absolute Gasteiger partial charge is 0.395 e. The third-order valence-electron chi connectivity index (χ3n) is 7.15. The molecule has 5 rings (SSSR count). The van der Waals surface area contributed by atoms with Crippen molar-refractivity contribution in [1.82, 2.24) is 25.1 Å². The molecule has 1 aromatic heterocycles. The number of hydrogen-bond acceptors (Lipinski definition) is 8. The fourth-order valence-electron chi connectivity index (χ4n) is 5.03. The number of aliphatic hydroxyl groups excluding tert-OH is 1. The van der Waals surface area contributed by atoms with Gasteiger partial charge in [-0.05, 0) is 50.7 Å². The summed E-state index contributed by atoms with van der Waals surface area (Å²) in [4.78, 5) is 30.6. The molecule has 0 aliphatic carbocycles. The fourth-order valence-corrected chi connectivity index (χ4v) is 5.03. The highest BCUT2D eigenvalue weighted by atomic mass is 16.3. The summed E-state index contributed by atoms with van der Waals surface area (Å²) >= 11 is 0. The van der Waals surface area contributed by atoms with Crippen LogP contribution in [-0.4, -0.2) is 96.4 Å². The summed E-state index contributed by atoms with van der Waals surface area (Å²) in [5.74, 6) is 1.11. The summed E-state index contributed by atoms with van der Waals surface area (Å²) < 4.78 is 0. The molecular formula is C24H34N8O2. The monoisotopic (exact) mass is 466 g/mol. The smallest absolute Gasteiger partial charge is 0.325 e. The second-order valence-corrected chi connectivity index (χ2v) is 9.49. The number of likely N-dealkylation sites (N-methyl/N-ethyl adjacent to an activating group) is 1. The van der Waals surface area contributed by atoms with Gasteiger partial charge in [0.2, 0.25) is 5.95 Å². The van der Waals surface area contributed by atoms with Crippen molar-refractivity contribution >= 4 is 29.2 Å². The van der Waals surface area contributed by atoms with Gasteiger partial charge in [0.05, 0.1) is 13.2 Å². The van der Waals surface area contributed by atoms with Gasteiger partial charge >= 0.3 is 6.03 Å². The molecule has 182 valence electrons. The summed E-state index contributed by atoms with van der Waals surface area (Å²) in [5, 5.41) is 16.1. The molecule has 3 aliphatic rings. The number of urea groups is 1. The lowest BCUT2D eigenvalue weighted by Gasteiger charge is -2.42. The van der Waals surface area contributed by atoms with E-state index in [0.29, 0.717) is 18.3 Å². The zero-order chi connectivity index (χ0) is 23.7. The van der Waals surface area contributed by atoms with Gasteiger partial charge in [-0.2, -0.15) is 4.98 Å². The molecule has 0 unspecified atom stereocenters. The highest BCUT2D eigenvalue weighted by molar-refractivity contribution is 5.93. The van der Waals surface area contributed by atoms with Crippen molar-refractivity contribution < 1.29 is 9.90 Å². The van der Waals surface area contributed by atoms with Crippen molar-refractivity contribution in [3.8, 4) is 0 Å². The Kier molecular flexibility index (Phi) is 6.53. The molecule has 2 aromatic rings. The predicted octanol–water partition coefficient (Wildman–Crippen LogP) is 1.46. The minimum atomic E-state index is -0.0581. The van der Waals surface area contributed by atoms with E-state index in [1.54, 1.807) is 11.9 Å². The van der Waals surface area contributed by atoms with Crippen LogP contribution < -0.4 is 20.4 Å². The molecule has 0 radical (unpaired) electrons. The number of fused-ring (bicyclic) bond motifs is 1. The number of benzene rings is 1. The number of hydrogen-bond donors (Lipinski definition) is 3. The first-order valence-corrected chi connectivity index (χ1v) is 12.1. The maximum atomic E-state index is 13.1. The van der Waals surface area contributed by atoms with Crippen molar-refractivity contribution in [2.45, 2.75) is 31.5 Å². The number of carbonyl (C=O) groups excluding carboxylic acids is 1. The van der Waals surface area contributed by atoms with E-state index in [2.05, 4.69) is 49.6 Å². The zero-order valence-corrected chi connectivity index (χ0v) is 19.9. The number of piperidine rings is 1.